The molecule has 0 amide bonds. The molecule has 106 valence electrons. The molecular weight excluding hydrogens is 287 g/mol. The molecule has 2 N–H and O–H groups in total. The minimum absolute atomic E-state index is 0.333. The second kappa shape index (κ2) is 8.43. The lowest BCUT2D eigenvalue weighted by atomic mass is 10.2. The zero-order chi connectivity index (χ0) is 14.3. The van der Waals surface area contributed by atoms with Crippen molar-refractivity contribution in [3.05, 3.63) is 34.6 Å². The number of hydrogen-bond donors (Lipinski definition) is 1. The highest BCUT2D eigenvalue weighted by Gasteiger charge is 2.09. The van der Waals surface area contributed by atoms with Crippen molar-refractivity contribution in [1.82, 2.24) is 4.90 Å². The lowest BCUT2D eigenvalue weighted by molar-refractivity contribution is 0.146. The van der Waals surface area contributed by atoms with E-state index in [-0.39, 0.29) is 5.82 Å². The van der Waals surface area contributed by atoms with Crippen molar-refractivity contribution in [1.29, 1.82) is 0 Å². The van der Waals surface area contributed by atoms with Crippen molar-refractivity contribution < 1.29 is 9.13 Å². The van der Waals surface area contributed by atoms with Gasteiger partial charge in [-0.1, -0.05) is 29.9 Å². The van der Waals surface area contributed by atoms with Crippen LogP contribution < -0.4 is 5.73 Å². The maximum Gasteiger partial charge on any atom is 0.124 e. The average molecular weight is 305 g/mol. The predicted octanol–water partition coefficient (Wildman–Crippen LogP) is 2.60. The maximum absolute atomic E-state index is 13.0. The number of nitrogens with zero attached hydrogens (tertiary/aromatic N) is 1. The Morgan fingerprint density at radius 2 is 2.21 bits per heavy atom. The molecule has 0 atom stereocenters. The van der Waals surface area contributed by atoms with Gasteiger partial charge in [0.2, 0.25) is 0 Å². The third-order valence-electron chi connectivity index (χ3n) is 2.70. The summed E-state index contributed by atoms with van der Waals surface area (Å²) in [6.07, 6.45) is 0.637. The SMILES string of the molecule is COCCN(CCC(N)=S)Cc1ccc(F)cc1Cl. The van der Waals surface area contributed by atoms with Crippen molar-refractivity contribution in [2.75, 3.05) is 26.8 Å². The molecule has 0 heterocycles. The smallest absolute Gasteiger partial charge is 0.124 e. The van der Waals surface area contributed by atoms with Crippen LogP contribution in [0, 0.1) is 5.82 Å². The van der Waals surface area contributed by atoms with Crippen LogP contribution in [0.5, 0.6) is 0 Å². The summed E-state index contributed by atoms with van der Waals surface area (Å²) >= 11 is 10.9. The van der Waals surface area contributed by atoms with Gasteiger partial charge in [-0.25, -0.2) is 4.39 Å². The number of nitrogens with two attached hydrogens (primary N) is 1. The fourth-order valence-corrected chi connectivity index (χ4v) is 1.97. The van der Waals surface area contributed by atoms with E-state index >= 15 is 0 Å². The molecule has 0 spiro atoms. The molecule has 6 heteroatoms. The molecule has 0 aliphatic heterocycles. The van der Waals surface area contributed by atoms with Gasteiger partial charge < -0.3 is 10.5 Å². The number of methoxy groups -OCH3 is 1. The molecule has 0 radical (unpaired) electrons. The van der Waals surface area contributed by atoms with Crippen LogP contribution in [0.3, 0.4) is 0 Å². The second-order valence-electron chi connectivity index (χ2n) is 4.22. The minimum atomic E-state index is -0.333. The van der Waals surface area contributed by atoms with Crippen molar-refractivity contribution in [3.8, 4) is 0 Å². The van der Waals surface area contributed by atoms with Gasteiger partial charge in [-0.2, -0.15) is 0 Å². The first-order valence-corrected chi connectivity index (χ1v) is 6.75. The monoisotopic (exact) mass is 304 g/mol. The number of benzene rings is 1. The molecule has 0 aliphatic carbocycles. The molecule has 1 rings (SSSR count). The van der Waals surface area contributed by atoms with Gasteiger partial charge >= 0.3 is 0 Å². The first-order valence-electron chi connectivity index (χ1n) is 5.96. The number of hydrogen-bond acceptors (Lipinski definition) is 3. The molecule has 0 aromatic heterocycles. The van der Waals surface area contributed by atoms with E-state index in [1.54, 1.807) is 13.2 Å². The first kappa shape index (κ1) is 16.3. The third kappa shape index (κ3) is 6.29. The minimum Gasteiger partial charge on any atom is -0.393 e. The Bertz CT molecular complexity index is 431. The molecule has 0 bridgehead atoms. The van der Waals surface area contributed by atoms with E-state index in [1.807, 2.05) is 0 Å². The Hall–Kier alpha value is -0.750. The van der Waals surface area contributed by atoms with Gasteiger partial charge in [-0.15, -0.1) is 0 Å². The van der Waals surface area contributed by atoms with E-state index < -0.39 is 0 Å². The van der Waals surface area contributed by atoms with Gasteiger partial charge in [0.1, 0.15) is 5.82 Å². The van der Waals surface area contributed by atoms with Crippen LogP contribution in [0.1, 0.15) is 12.0 Å². The Morgan fingerprint density at radius 1 is 1.47 bits per heavy atom. The summed E-state index contributed by atoms with van der Waals surface area (Å²) in [6, 6.07) is 4.42. The number of ether oxygens (including phenoxy) is 1. The average Bonchev–Trinajstić information content (AvgIpc) is 2.35. The fourth-order valence-electron chi connectivity index (χ4n) is 1.65. The third-order valence-corrected chi connectivity index (χ3v) is 3.25. The summed E-state index contributed by atoms with van der Waals surface area (Å²) in [7, 11) is 1.65. The van der Waals surface area contributed by atoms with E-state index in [0.29, 0.717) is 29.6 Å². The summed E-state index contributed by atoms with van der Waals surface area (Å²) in [4.78, 5) is 2.61. The number of rotatable bonds is 8. The topological polar surface area (TPSA) is 38.5 Å². The largest absolute Gasteiger partial charge is 0.393 e. The van der Waals surface area contributed by atoms with E-state index in [9.17, 15) is 4.39 Å². The van der Waals surface area contributed by atoms with Gasteiger partial charge in [0, 0.05) is 38.2 Å². The summed E-state index contributed by atoms with van der Waals surface area (Å²) < 4.78 is 18.1. The van der Waals surface area contributed by atoms with Gasteiger partial charge in [0.15, 0.2) is 0 Å². The lowest BCUT2D eigenvalue weighted by Gasteiger charge is -2.22. The van der Waals surface area contributed by atoms with Crippen molar-refractivity contribution in [2.24, 2.45) is 5.73 Å². The summed E-state index contributed by atoms with van der Waals surface area (Å²) in [6.45, 7) is 2.69. The number of thiocarbonyl (C=S) groups is 1. The molecule has 0 saturated carbocycles. The normalized spacial score (nSPS) is 10.9. The fraction of sp³-hybridized carbons (Fsp3) is 0.462. The molecular formula is C13H18ClFN2OS. The summed E-state index contributed by atoms with van der Waals surface area (Å²) in [5.74, 6) is -0.333. The van der Waals surface area contributed by atoms with Crippen LogP contribution in [0.15, 0.2) is 18.2 Å². The first-order chi connectivity index (χ1) is 9.02. The van der Waals surface area contributed by atoms with E-state index in [4.69, 9.17) is 34.3 Å². The van der Waals surface area contributed by atoms with Gasteiger partial charge in [-0.05, 0) is 17.7 Å². The molecule has 0 saturated heterocycles. The highest BCUT2D eigenvalue weighted by molar-refractivity contribution is 7.80. The second-order valence-corrected chi connectivity index (χ2v) is 5.15. The van der Waals surface area contributed by atoms with Gasteiger partial charge in [0.05, 0.1) is 11.6 Å². The zero-order valence-electron chi connectivity index (χ0n) is 10.9. The van der Waals surface area contributed by atoms with Crippen LogP contribution in [0.2, 0.25) is 5.02 Å². The zero-order valence-corrected chi connectivity index (χ0v) is 12.4. The lowest BCUT2D eigenvalue weighted by Crippen LogP contribution is -2.30. The summed E-state index contributed by atoms with van der Waals surface area (Å²) in [5.41, 5.74) is 6.39. The van der Waals surface area contributed by atoms with Crippen LogP contribution >= 0.6 is 23.8 Å². The molecule has 0 unspecified atom stereocenters. The van der Waals surface area contributed by atoms with Crippen LogP contribution in [-0.4, -0.2) is 36.7 Å². The summed E-state index contributed by atoms with van der Waals surface area (Å²) in [5, 5.41) is 0.428. The maximum atomic E-state index is 13.0. The van der Waals surface area contributed by atoms with Crippen molar-refractivity contribution >= 4 is 28.8 Å². The van der Waals surface area contributed by atoms with E-state index in [0.717, 1.165) is 18.7 Å². The predicted molar refractivity (Wildman–Crippen MR) is 80.0 cm³/mol. The highest BCUT2D eigenvalue weighted by atomic mass is 35.5. The van der Waals surface area contributed by atoms with E-state index in [1.165, 1.54) is 12.1 Å². The van der Waals surface area contributed by atoms with Crippen molar-refractivity contribution in [3.63, 3.8) is 0 Å². The quantitative estimate of drug-likeness (QED) is 0.749. The molecule has 19 heavy (non-hydrogen) atoms. The molecule has 1 aromatic carbocycles. The Morgan fingerprint density at radius 3 is 2.79 bits per heavy atom. The van der Waals surface area contributed by atoms with Crippen molar-refractivity contribution in [2.45, 2.75) is 13.0 Å². The standard InChI is InChI=1S/C13H18ClFN2OS/c1-18-7-6-17(5-4-13(16)19)9-10-2-3-11(15)8-12(10)14/h2-3,8H,4-7,9H2,1H3,(H2,16,19). The molecule has 1 aromatic rings. The Kier molecular flexibility index (Phi) is 7.23. The number of halogens is 2. The van der Waals surface area contributed by atoms with Gasteiger partial charge in [-0.3, -0.25) is 4.90 Å². The van der Waals surface area contributed by atoms with Gasteiger partial charge in [0.25, 0.3) is 0 Å². The molecule has 0 fully saturated rings. The Labute approximate surface area is 123 Å². The molecule has 0 aliphatic rings. The highest BCUT2D eigenvalue weighted by Crippen LogP contribution is 2.19. The van der Waals surface area contributed by atoms with Crippen LogP contribution in [0.25, 0.3) is 0 Å². The van der Waals surface area contributed by atoms with Crippen LogP contribution in [-0.2, 0) is 11.3 Å². The van der Waals surface area contributed by atoms with Crippen LogP contribution in [0.4, 0.5) is 4.39 Å². The van der Waals surface area contributed by atoms with E-state index in [2.05, 4.69) is 4.90 Å². The molecule has 3 nitrogen and oxygen atoms in total. The Balaban J connectivity index is 2.66.